The quantitative estimate of drug-likeness (QED) is 0.708. The summed E-state index contributed by atoms with van der Waals surface area (Å²) >= 11 is 0. The van der Waals surface area contributed by atoms with Gasteiger partial charge in [-0.1, -0.05) is 0 Å². The fraction of sp³-hybridized carbons (Fsp3) is 0.600. The number of nitriles is 1. The molecule has 74 valence electrons. The van der Waals surface area contributed by atoms with Gasteiger partial charge in [0.2, 0.25) is 0 Å². The van der Waals surface area contributed by atoms with E-state index in [2.05, 4.69) is 11.2 Å². The van der Waals surface area contributed by atoms with Crippen molar-refractivity contribution < 1.29 is 4.74 Å². The summed E-state index contributed by atoms with van der Waals surface area (Å²) in [4.78, 5) is 0. The highest BCUT2D eigenvalue weighted by atomic mass is 16.5. The van der Waals surface area contributed by atoms with E-state index in [1.807, 2.05) is 10.7 Å². The van der Waals surface area contributed by atoms with Crippen LogP contribution in [0.5, 0.6) is 0 Å². The van der Waals surface area contributed by atoms with Gasteiger partial charge >= 0.3 is 0 Å². The third kappa shape index (κ3) is 1.78. The van der Waals surface area contributed by atoms with Crippen LogP contribution in [0.4, 0.5) is 0 Å². The van der Waals surface area contributed by atoms with E-state index in [0.717, 1.165) is 31.7 Å². The highest BCUT2D eigenvalue weighted by Crippen LogP contribution is 2.21. The van der Waals surface area contributed by atoms with Crippen molar-refractivity contribution >= 4 is 0 Å². The van der Waals surface area contributed by atoms with Crippen molar-refractivity contribution in [2.45, 2.75) is 25.3 Å². The Morgan fingerprint density at radius 2 is 2.36 bits per heavy atom. The van der Waals surface area contributed by atoms with Crippen molar-refractivity contribution in [3.8, 4) is 6.07 Å². The van der Waals surface area contributed by atoms with E-state index in [1.54, 1.807) is 6.20 Å². The second-order valence-electron chi connectivity index (χ2n) is 3.45. The highest BCUT2D eigenvalue weighted by molar-refractivity contribution is 5.07. The first kappa shape index (κ1) is 9.22. The van der Waals surface area contributed by atoms with Gasteiger partial charge in [0.1, 0.15) is 0 Å². The summed E-state index contributed by atoms with van der Waals surface area (Å²) in [5, 5.41) is 12.9. The lowest BCUT2D eigenvalue weighted by Crippen LogP contribution is -2.21. The molecule has 4 heteroatoms. The normalized spacial score (nSPS) is 17.9. The van der Waals surface area contributed by atoms with Crippen LogP contribution < -0.4 is 0 Å². The molecule has 4 nitrogen and oxygen atoms in total. The molecule has 1 saturated heterocycles. The van der Waals surface area contributed by atoms with Gasteiger partial charge in [-0.25, -0.2) is 0 Å². The molecule has 1 aromatic heterocycles. The molecule has 0 saturated carbocycles. The largest absolute Gasteiger partial charge is 0.381 e. The molecule has 14 heavy (non-hydrogen) atoms. The molecule has 0 amide bonds. The number of ether oxygens (including phenoxy) is 1. The summed E-state index contributed by atoms with van der Waals surface area (Å²) < 4.78 is 7.27. The Morgan fingerprint density at radius 1 is 1.57 bits per heavy atom. The van der Waals surface area contributed by atoms with Crippen LogP contribution in [0.1, 0.15) is 24.6 Å². The first-order chi connectivity index (χ1) is 6.92. The van der Waals surface area contributed by atoms with Crippen molar-refractivity contribution in [3.63, 3.8) is 0 Å². The zero-order chi connectivity index (χ0) is 9.80. The average molecular weight is 191 g/mol. The maximum absolute atomic E-state index is 8.65. The molecular formula is C10H13N3O. The van der Waals surface area contributed by atoms with Crippen LogP contribution in [0.2, 0.25) is 0 Å². The molecule has 0 N–H and O–H groups in total. The van der Waals surface area contributed by atoms with Gasteiger partial charge in [0.15, 0.2) is 0 Å². The van der Waals surface area contributed by atoms with Crippen LogP contribution in [0.15, 0.2) is 12.3 Å². The fourth-order valence-electron chi connectivity index (χ4n) is 1.82. The minimum absolute atomic E-state index is 0.419. The third-order valence-corrected chi connectivity index (χ3v) is 2.55. The van der Waals surface area contributed by atoms with E-state index in [9.17, 15) is 0 Å². The maximum atomic E-state index is 8.65. The van der Waals surface area contributed by atoms with Gasteiger partial charge in [0.25, 0.3) is 0 Å². The molecule has 1 aromatic rings. The minimum atomic E-state index is 0.419. The number of hydrogen-bond donors (Lipinski definition) is 0. The molecule has 0 aliphatic carbocycles. The monoisotopic (exact) mass is 191 g/mol. The van der Waals surface area contributed by atoms with Crippen molar-refractivity contribution in [2.75, 3.05) is 13.2 Å². The summed E-state index contributed by atoms with van der Waals surface area (Å²) in [6.45, 7) is 1.60. The minimum Gasteiger partial charge on any atom is -0.381 e. The topological polar surface area (TPSA) is 50.8 Å². The molecule has 0 radical (unpaired) electrons. The molecule has 1 fully saturated rings. The van der Waals surface area contributed by atoms with E-state index >= 15 is 0 Å². The van der Waals surface area contributed by atoms with Crippen molar-refractivity contribution in [1.29, 1.82) is 5.26 Å². The number of nitrogens with zero attached hydrogens (tertiary/aromatic N) is 3. The second kappa shape index (κ2) is 4.25. The van der Waals surface area contributed by atoms with Crippen LogP contribution in [0.25, 0.3) is 0 Å². The molecule has 0 bridgehead atoms. The molecule has 0 spiro atoms. The average Bonchev–Trinajstić information content (AvgIpc) is 2.68. The number of rotatable bonds is 2. The van der Waals surface area contributed by atoms with Crippen LogP contribution in [0, 0.1) is 11.3 Å². The molecule has 0 aromatic carbocycles. The summed E-state index contributed by atoms with van der Waals surface area (Å²) in [7, 11) is 0. The smallest absolute Gasteiger partial charge is 0.0771 e. The van der Waals surface area contributed by atoms with Crippen LogP contribution in [-0.4, -0.2) is 23.0 Å². The second-order valence-corrected chi connectivity index (χ2v) is 3.45. The molecule has 0 atom stereocenters. The predicted molar refractivity (Wildman–Crippen MR) is 50.6 cm³/mol. The first-order valence-corrected chi connectivity index (χ1v) is 4.89. The van der Waals surface area contributed by atoms with Crippen molar-refractivity contribution in [1.82, 2.24) is 9.78 Å². The summed E-state index contributed by atoms with van der Waals surface area (Å²) in [5.41, 5.74) is 1.01. The van der Waals surface area contributed by atoms with Gasteiger partial charge in [0.05, 0.1) is 24.2 Å². The van der Waals surface area contributed by atoms with E-state index < -0.39 is 0 Å². The summed E-state index contributed by atoms with van der Waals surface area (Å²) in [6.07, 6.45) is 4.21. The highest BCUT2D eigenvalue weighted by Gasteiger charge is 2.18. The number of aromatic nitrogens is 2. The Labute approximate surface area is 83.1 Å². The van der Waals surface area contributed by atoms with Crippen LogP contribution in [0.3, 0.4) is 0 Å². The standard InChI is InChI=1S/C10H13N3O/c11-5-1-9-2-6-12-13(9)10-3-7-14-8-4-10/h2,6,10H,1,3-4,7-8H2. The molecule has 2 rings (SSSR count). The van der Waals surface area contributed by atoms with E-state index in [0.29, 0.717) is 12.5 Å². The summed E-state index contributed by atoms with van der Waals surface area (Å²) in [5.74, 6) is 0. The van der Waals surface area contributed by atoms with Gasteiger partial charge in [-0.3, -0.25) is 4.68 Å². The van der Waals surface area contributed by atoms with E-state index in [-0.39, 0.29) is 0 Å². The molecule has 2 heterocycles. The van der Waals surface area contributed by atoms with Gasteiger partial charge in [0, 0.05) is 19.4 Å². The van der Waals surface area contributed by atoms with Crippen LogP contribution >= 0.6 is 0 Å². The lowest BCUT2D eigenvalue weighted by Gasteiger charge is -2.23. The summed E-state index contributed by atoms with van der Waals surface area (Å²) in [6, 6.07) is 4.49. The molecule has 0 unspecified atom stereocenters. The Morgan fingerprint density at radius 3 is 3.07 bits per heavy atom. The van der Waals surface area contributed by atoms with Gasteiger partial charge < -0.3 is 4.74 Å². The molecular weight excluding hydrogens is 178 g/mol. The Hall–Kier alpha value is -1.34. The predicted octanol–water partition coefficient (Wildman–Crippen LogP) is 1.30. The van der Waals surface area contributed by atoms with Gasteiger partial charge in [-0.2, -0.15) is 10.4 Å². The third-order valence-electron chi connectivity index (χ3n) is 2.55. The van der Waals surface area contributed by atoms with Crippen molar-refractivity contribution in [2.24, 2.45) is 0 Å². The van der Waals surface area contributed by atoms with E-state index in [1.165, 1.54) is 0 Å². The number of hydrogen-bond acceptors (Lipinski definition) is 3. The van der Waals surface area contributed by atoms with Gasteiger partial charge in [-0.05, 0) is 18.9 Å². The molecule has 1 aliphatic heterocycles. The zero-order valence-electron chi connectivity index (χ0n) is 8.02. The Balaban J connectivity index is 2.13. The molecule has 1 aliphatic rings. The maximum Gasteiger partial charge on any atom is 0.0771 e. The lowest BCUT2D eigenvalue weighted by atomic mass is 10.1. The van der Waals surface area contributed by atoms with Crippen LogP contribution in [-0.2, 0) is 11.2 Å². The van der Waals surface area contributed by atoms with E-state index in [4.69, 9.17) is 10.00 Å². The fourth-order valence-corrected chi connectivity index (χ4v) is 1.82. The SMILES string of the molecule is N#CCc1ccnn1C1CCOCC1. The first-order valence-electron chi connectivity index (χ1n) is 4.89. The Kier molecular flexibility index (Phi) is 2.80. The van der Waals surface area contributed by atoms with Crippen molar-refractivity contribution in [3.05, 3.63) is 18.0 Å². The van der Waals surface area contributed by atoms with Gasteiger partial charge in [-0.15, -0.1) is 0 Å². The Bertz CT molecular complexity index is 333. The zero-order valence-corrected chi connectivity index (χ0v) is 8.02. The lowest BCUT2D eigenvalue weighted by molar-refractivity contribution is 0.0655.